The molecule has 0 N–H and O–H groups in total. The maximum Gasteiger partial charge on any atom is 0.136 e. The van der Waals surface area contributed by atoms with Crippen LogP contribution in [0.25, 0.3) is 0 Å². The molecule has 0 aliphatic heterocycles. The topological polar surface area (TPSA) is 17.1 Å². The molecule has 0 bridgehead atoms. The van der Waals surface area contributed by atoms with Crippen molar-refractivity contribution in [3.63, 3.8) is 0 Å². The molecule has 58 valence electrons. The normalized spacial score (nSPS) is 20.6. The Balaban J connectivity index is 2.31. The molecule has 0 aromatic heterocycles. The minimum absolute atomic E-state index is 0.126. The van der Waals surface area contributed by atoms with Gasteiger partial charge in [-0.1, -0.05) is 6.92 Å². The maximum atomic E-state index is 11.0. The van der Waals surface area contributed by atoms with Crippen LogP contribution in [-0.4, -0.2) is 17.3 Å². The summed E-state index contributed by atoms with van der Waals surface area (Å²) in [5.41, 5.74) is 0.126. The summed E-state index contributed by atoms with van der Waals surface area (Å²) in [5.74, 6) is 2.59. The van der Waals surface area contributed by atoms with E-state index in [9.17, 15) is 4.79 Å². The van der Waals surface area contributed by atoms with Crippen molar-refractivity contribution in [2.75, 3.05) is 11.5 Å². The Labute approximate surface area is 66.6 Å². The molecule has 0 amide bonds. The highest BCUT2D eigenvalue weighted by atomic mass is 32.2. The summed E-state index contributed by atoms with van der Waals surface area (Å²) in [4.78, 5) is 11.0. The second-order valence-electron chi connectivity index (χ2n) is 2.97. The van der Waals surface area contributed by atoms with Crippen molar-refractivity contribution in [1.82, 2.24) is 0 Å². The Kier molecular flexibility index (Phi) is 2.40. The van der Waals surface area contributed by atoms with Crippen LogP contribution in [0.15, 0.2) is 0 Å². The lowest BCUT2D eigenvalue weighted by molar-refractivity contribution is -0.121. The van der Waals surface area contributed by atoms with Crippen molar-refractivity contribution >= 4 is 17.5 Å². The third-order valence-electron chi connectivity index (χ3n) is 2.18. The molecule has 0 saturated heterocycles. The fraction of sp³-hybridized carbons (Fsp3) is 0.875. The molecule has 1 fully saturated rings. The molecule has 0 aromatic carbocycles. The van der Waals surface area contributed by atoms with Gasteiger partial charge in [-0.15, -0.1) is 0 Å². The number of carbonyl (C=O) groups is 1. The summed E-state index contributed by atoms with van der Waals surface area (Å²) in [6.07, 6.45) is 2.27. The van der Waals surface area contributed by atoms with Crippen LogP contribution in [0.3, 0.4) is 0 Å². The monoisotopic (exact) mass is 158 g/mol. The van der Waals surface area contributed by atoms with Gasteiger partial charge in [0.2, 0.25) is 0 Å². The number of ketones is 1. The fourth-order valence-corrected chi connectivity index (χ4v) is 2.13. The molecule has 1 saturated carbocycles. The van der Waals surface area contributed by atoms with Gasteiger partial charge in [0.15, 0.2) is 0 Å². The Bertz CT molecular complexity index is 138. The van der Waals surface area contributed by atoms with Gasteiger partial charge in [-0.05, 0) is 25.5 Å². The highest BCUT2D eigenvalue weighted by Gasteiger charge is 2.46. The lowest BCUT2D eigenvalue weighted by Crippen LogP contribution is -2.14. The van der Waals surface area contributed by atoms with Gasteiger partial charge in [0.1, 0.15) is 5.78 Å². The predicted octanol–water partition coefficient (Wildman–Crippen LogP) is 2.11. The first kappa shape index (κ1) is 8.12. The van der Waals surface area contributed by atoms with Crippen LogP contribution in [0, 0.1) is 5.41 Å². The summed E-state index contributed by atoms with van der Waals surface area (Å²) in [5, 5.41) is 0. The molecule has 1 aliphatic rings. The van der Waals surface area contributed by atoms with E-state index in [1.165, 1.54) is 0 Å². The molecular formula is C8H14OS. The minimum Gasteiger partial charge on any atom is -0.299 e. The molecule has 0 heterocycles. The van der Waals surface area contributed by atoms with Crippen LogP contribution in [0.4, 0.5) is 0 Å². The molecule has 0 spiro atoms. The van der Waals surface area contributed by atoms with Gasteiger partial charge in [-0.25, -0.2) is 0 Å². The van der Waals surface area contributed by atoms with Gasteiger partial charge < -0.3 is 0 Å². The zero-order chi connectivity index (χ0) is 7.61. The summed E-state index contributed by atoms with van der Waals surface area (Å²) < 4.78 is 0. The third kappa shape index (κ3) is 1.54. The van der Waals surface area contributed by atoms with E-state index in [0.717, 1.165) is 24.3 Å². The van der Waals surface area contributed by atoms with E-state index in [1.54, 1.807) is 6.92 Å². The van der Waals surface area contributed by atoms with Crippen molar-refractivity contribution in [2.45, 2.75) is 26.7 Å². The second kappa shape index (κ2) is 2.95. The van der Waals surface area contributed by atoms with Gasteiger partial charge in [-0.2, -0.15) is 11.8 Å². The van der Waals surface area contributed by atoms with Crippen LogP contribution < -0.4 is 0 Å². The van der Waals surface area contributed by atoms with E-state index in [-0.39, 0.29) is 5.41 Å². The number of rotatable bonds is 4. The summed E-state index contributed by atoms with van der Waals surface area (Å²) in [6, 6.07) is 0. The highest BCUT2D eigenvalue weighted by molar-refractivity contribution is 7.99. The number of carbonyl (C=O) groups excluding carboxylic acids is 1. The summed E-state index contributed by atoms with van der Waals surface area (Å²) in [6.45, 7) is 3.87. The molecule has 0 aromatic rings. The zero-order valence-electron chi connectivity index (χ0n) is 6.64. The van der Waals surface area contributed by atoms with Crippen LogP contribution in [0.5, 0.6) is 0 Å². The second-order valence-corrected chi connectivity index (χ2v) is 4.25. The van der Waals surface area contributed by atoms with Gasteiger partial charge in [0.05, 0.1) is 0 Å². The maximum absolute atomic E-state index is 11.0. The van der Waals surface area contributed by atoms with E-state index >= 15 is 0 Å². The SMILES string of the molecule is CCSCC1(C(C)=O)CC1. The standard InChI is InChI=1S/C8H14OS/c1-3-10-6-8(4-5-8)7(2)9/h3-6H2,1-2H3. The Morgan fingerprint density at radius 3 is 2.50 bits per heavy atom. The van der Waals surface area contributed by atoms with Crippen LogP contribution in [-0.2, 0) is 4.79 Å². The Morgan fingerprint density at radius 2 is 2.20 bits per heavy atom. The first-order chi connectivity index (χ1) is 4.71. The summed E-state index contributed by atoms with van der Waals surface area (Å²) in [7, 11) is 0. The van der Waals surface area contributed by atoms with Crippen molar-refractivity contribution in [3.8, 4) is 0 Å². The van der Waals surface area contributed by atoms with Crippen molar-refractivity contribution in [2.24, 2.45) is 5.41 Å². The zero-order valence-corrected chi connectivity index (χ0v) is 7.46. The first-order valence-corrected chi connectivity index (χ1v) is 4.95. The molecular weight excluding hydrogens is 144 g/mol. The highest BCUT2D eigenvalue weighted by Crippen LogP contribution is 2.48. The minimum atomic E-state index is 0.126. The number of hydrogen-bond acceptors (Lipinski definition) is 2. The summed E-state index contributed by atoms with van der Waals surface area (Å²) >= 11 is 1.89. The smallest absolute Gasteiger partial charge is 0.136 e. The number of Topliss-reactive ketones (excluding diaryl/α,β-unsaturated/α-hetero) is 1. The van der Waals surface area contributed by atoms with E-state index in [0.29, 0.717) is 5.78 Å². The largest absolute Gasteiger partial charge is 0.299 e. The van der Waals surface area contributed by atoms with Crippen LogP contribution in [0.2, 0.25) is 0 Å². The molecule has 0 radical (unpaired) electrons. The molecule has 0 atom stereocenters. The lowest BCUT2D eigenvalue weighted by Gasteiger charge is -2.08. The quantitative estimate of drug-likeness (QED) is 0.623. The van der Waals surface area contributed by atoms with Crippen LogP contribution >= 0.6 is 11.8 Å². The average molecular weight is 158 g/mol. The average Bonchev–Trinajstić information content (AvgIpc) is 2.64. The van der Waals surface area contributed by atoms with Gasteiger partial charge >= 0.3 is 0 Å². The molecule has 0 unspecified atom stereocenters. The van der Waals surface area contributed by atoms with Crippen molar-refractivity contribution < 1.29 is 4.79 Å². The van der Waals surface area contributed by atoms with E-state index in [4.69, 9.17) is 0 Å². The molecule has 10 heavy (non-hydrogen) atoms. The van der Waals surface area contributed by atoms with E-state index < -0.39 is 0 Å². The van der Waals surface area contributed by atoms with E-state index in [1.807, 2.05) is 11.8 Å². The Hall–Kier alpha value is 0.0200. The van der Waals surface area contributed by atoms with Crippen LogP contribution in [0.1, 0.15) is 26.7 Å². The molecule has 1 nitrogen and oxygen atoms in total. The fourth-order valence-electron chi connectivity index (χ4n) is 1.05. The molecule has 2 heteroatoms. The molecule has 1 rings (SSSR count). The predicted molar refractivity (Wildman–Crippen MR) is 45.3 cm³/mol. The Morgan fingerprint density at radius 1 is 1.60 bits per heavy atom. The van der Waals surface area contributed by atoms with E-state index in [2.05, 4.69) is 6.92 Å². The van der Waals surface area contributed by atoms with Gasteiger partial charge in [0, 0.05) is 11.2 Å². The lowest BCUT2D eigenvalue weighted by atomic mass is 10.1. The van der Waals surface area contributed by atoms with Gasteiger partial charge in [0.25, 0.3) is 0 Å². The number of hydrogen-bond donors (Lipinski definition) is 0. The third-order valence-corrected chi connectivity index (χ3v) is 3.35. The van der Waals surface area contributed by atoms with Crippen molar-refractivity contribution in [3.05, 3.63) is 0 Å². The van der Waals surface area contributed by atoms with Gasteiger partial charge in [-0.3, -0.25) is 4.79 Å². The van der Waals surface area contributed by atoms with Crippen molar-refractivity contribution in [1.29, 1.82) is 0 Å². The number of thioether (sulfide) groups is 1. The molecule has 1 aliphatic carbocycles. The first-order valence-electron chi connectivity index (χ1n) is 3.80.